The number of ether oxygens (including phenoxy) is 3. The molecule has 5 rings (SSSR count). The minimum absolute atomic E-state index is 0.107. The van der Waals surface area contributed by atoms with Gasteiger partial charge in [-0.3, -0.25) is 9.59 Å². The summed E-state index contributed by atoms with van der Waals surface area (Å²) in [4.78, 5) is 38.7. The van der Waals surface area contributed by atoms with Crippen molar-refractivity contribution in [3.63, 3.8) is 0 Å². The second kappa shape index (κ2) is 7.35. The van der Waals surface area contributed by atoms with Gasteiger partial charge in [-0.1, -0.05) is 19.4 Å². The smallest absolute Gasteiger partial charge is 0.348 e. The lowest BCUT2D eigenvalue weighted by Crippen LogP contribution is -2.78. The maximum absolute atomic E-state index is 13.2. The van der Waals surface area contributed by atoms with E-state index < -0.39 is 88.0 Å². The quantitative estimate of drug-likeness (QED) is 0.389. The lowest BCUT2D eigenvalue weighted by Gasteiger charge is -2.68. The first-order valence-corrected chi connectivity index (χ1v) is 12.2. The minimum Gasteiger partial charge on any atom is -0.459 e. The molecule has 0 amide bonds. The predicted octanol–water partition coefficient (Wildman–Crippen LogP) is -0.151. The van der Waals surface area contributed by atoms with Crippen LogP contribution in [0.15, 0.2) is 11.6 Å². The van der Waals surface area contributed by atoms with Crippen molar-refractivity contribution in [2.75, 3.05) is 6.61 Å². The molecule has 3 aliphatic carbocycles. The van der Waals surface area contributed by atoms with Gasteiger partial charge in [-0.15, -0.1) is 0 Å². The largest absolute Gasteiger partial charge is 0.459 e. The molecular formula is C25H34O10. The van der Waals surface area contributed by atoms with Gasteiger partial charge in [0.05, 0.1) is 18.6 Å². The van der Waals surface area contributed by atoms with Crippen LogP contribution in [0.25, 0.3) is 0 Å². The molecule has 194 valence electrons. The molecule has 1 spiro atoms. The van der Waals surface area contributed by atoms with E-state index in [4.69, 9.17) is 14.2 Å². The van der Waals surface area contributed by atoms with Crippen molar-refractivity contribution < 1.29 is 49.0 Å². The number of hydrogen-bond acceptors (Lipinski definition) is 10. The van der Waals surface area contributed by atoms with E-state index in [0.29, 0.717) is 5.57 Å². The lowest BCUT2D eigenvalue weighted by atomic mass is 9.38. The van der Waals surface area contributed by atoms with Crippen LogP contribution in [-0.4, -0.2) is 80.6 Å². The number of aliphatic hydroxyl groups is 4. The Morgan fingerprint density at radius 3 is 2.57 bits per heavy atom. The molecule has 2 saturated heterocycles. The molecule has 2 heterocycles. The molecule has 0 aromatic heterocycles. The zero-order valence-corrected chi connectivity index (χ0v) is 20.6. The van der Waals surface area contributed by atoms with Crippen LogP contribution >= 0.6 is 0 Å². The Morgan fingerprint density at radius 2 is 1.94 bits per heavy atom. The molecule has 0 radical (unpaired) electrons. The summed E-state index contributed by atoms with van der Waals surface area (Å²) in [6, 6.07) is 0. The molecular weight excluding hydrogens is 460 g/mol. The minimum atomic E-state index is -2.11. The van der Waals surface area contributed by atoms with E-state index in [1.807, 2.05) is 0 Å². The summed E-state index contributed by atoms with van der Waals surface area (Å²) < 4.78 is 17.4. The summed E-state index contributed by atoms with van der Waals surface area (Å²) in [5, 5.41) is 44.4. The molecule has 2 bridgehead atoms. The van der Waals surface area contributed by atoms with Gasteiger partial charge in [0.2, 0.25) is 6.10 Å². The summed E-state index contributed by atoms with van der Waals surface area (Å²) in [6.45, 7) is 7.91. The van der Waals surface area contributed by atoms with Gasteiger partial charge in [-0.25, -0.2) is 4.79 Å². The van der Waals surface area contributed by atoms with Crippen molar-refractivity contribution in [3.8, 4) is 0 Å². The van der Waals surface area contributed by atoms with E-state index in [9.17, 15) is 34.8 Å². The highest BCUT2D eigenvalue weighted by Crippen LogP contribution is 2.73. The SMILES string of the molecule is CC1=CC(=O)[C@@H](O)[C@@]2(C)C1C[C@H]1OC(=O)[C@H](OC(=O)CC(C)(C)O)[C@H]3[C@@H](C)[C@@H](O)[C@]4(O)OC[C@@]31C24. The number of rotatable bonds is 3. The summed E-state index contributed by atoms with van der Waals surface area (Å²) in [7, 11) is 0. The summed E-state index contributed by atoms with van der Waals surface area (Å²) in [5.74, 6) is -7.14. The van der Waals surface area contributed by atoms with Crippen molar-refractivity contribution in [3.05, 3.63) is 11.6 Å². The molecule has 0 aromatic carbocycles. The Bertz CT molecular complexity index is 1010. The van der Waals surface area contributed by atoms with Gasteiger partial charge in [0.15, 0.2) is 11.6 Å². The van der Waals surface area contributed by atoms with Crippen LogP contribution in [0.3, 0.4) is 0 Å². The van der Waals surface area contributed by atoms with Gasteiger partial charge >= 0.3 is 11.9 Å². The third-order valence-corrected chi connectivity index (χ3v) is 9.47. The van der Waals surface area contributed by atoms with E-state index in [1.165, 1.54) is 19.9 Å². The van der Waals surface area contributed by atoms with Crippen molar-refractivity contribution in [1.29, 1.82) is 0 Å². The van der Waals surface area contributed by atoms with Crippen LogP contribution in [0.2, 0.25) is 0 Å². The molecule has 4 fully saturated rings. The Morgan fingerprint density at radius 1 is 1.29 bits per heavy atom. The number of carbonyl (C=O) groups excluding carboxylic acids is 3. The first kappa shape index (κ1) is 24.8. The second-order valence-electron chi connectivity index (χ2n) is 12.1. The first-order chi connectivity index (χ1) is 16.1. The van der Waals surface area contributed by atoms with Gasteiger partial charge in [0.25, 0.3) is 0 Å². The Kier molecular flexibility index (Phi) is 5.21. The normalized spacial score (nSPS) is 50.6. The van der Waals surface area contributed by atoms with Gasteiger partial charge in [0.1, 0.15) is 18.3 Å². The monoisotopic (exact) mass is 494 g/mol. The number of esters is 2. The maximum Gasteiger partial charge on any atom is 0.348 e. The topological polar surface area (TPSA) is 160 Å². The molecule has 5 aliphatic rings. The van der Waals surface area contributed by atoms with E-state index in [1.54, 1.807) is 20.8 Å². The molecule has 2 aliphatic heterocycles. The number of carbonyl (C=O) groups is 3. The van der Waals surface area contributed by atoms with Crippen LogP contribution in [0.5, 0.6) is 0 Å². The number of ketones is 1. The van der Waals surface area contributed by atoms with Crippen LogP contribution < -0.4 is 0 Å². The van der Waals surface area contributed by atoms with Crippen molar-refractivity contribution >= 4 is 17.7 Å². The number of aliphatic hydroxyl groups excluding tert-OH is 2. The molecule has 0 aromatic rings. The fourth-order valence-corrected chi connectivity index (χ4v) is 8.27. The fourth-order valence-electron chi connectivity index (χ4n) is 8.27. The Hall–Kier alpha value is -1.85. The Labute approximate surface area is 203 Å². The lowest BCUT2D eigenvalue weighted by molar-refractivity contribution is -0.340. The van der Waals surface area contributed by atoms with Crippen molar-refractivity contribution in [2.24, 2.45) is 34.5 Å². The highest BCUT2D eigenvalue weighted by atomic mass is 16.7. The van der Waals surface area contributed by atoms with Gasteiger partial charge in [-0.2, -0.15) is 0 Å². The first-order valence-electron chi connectivity index (χ1n) is 12.2. The van der Waals surface area contributed by atoms with Gasteiger partial charge in [-0.05, 0) is 45.1 Å². The molecule has 11 atom stereocenters. The highest BCUT2D eigenvalue weighted by molar-refractivity contribution is 5.96. The highest BCUT2D eigenvalue weighted by Gasteiger charge is 2.83. The number of hydrogen-bond donors (Lipinski definition) is 4. The van der Waals surface area contributed by atoms with E-state index >= 15 is 0 Å². The Balaban J connectivity index is 1.66. The average Bonchev–Trinajstić information content (AvgIpc) is 3.02. The summed E-state index contributed by atoms with van der Waals surface area (Å²) >= 11 is 0. The van der Waals surface area contributed by atoms with Crippen LogP contribution in [0.4, 0.5) is 0 Å². The third-order valence-electron chi connectivity index (χ3n) is 9.47. The molecule has 10 heteroatoms. The molecule has 2 unspecified atom stereocenters. The standard InChI is InChI=1S/C25H34O10/c1-10-6-13(26)19(29)23(5)12(10)7-14-24-9-33-25(32,21(23)24)18(28)11(2)16(24)17(20(30)34-14)35-15(27)8-22(3,4)31/h6,11-12,14,16-19,21,28-29,31-32H,7-9H2,1-5H3/t11-,12?,14-,16-,17-,18-,19-,21?,23-,24+,25+/m1/s1. The fraction of sp³-hybridized carbons (Fsp3) is 0.800. The van der Waals surface area contributed by atoms with Crippen molar-refractivity contribution in [1.82, 2.24) is 0 Å². The van der Waals surface area contributed by atoms with Crippen LogP contribution in [-0.2, 0) is 28.6 Å². The molecule has 4 N–H and O–H groups in total. The summed E-state index contributed by atoms with van der Waals surface area (Å²) in [5.41, 5.74) is -3.02. The van der Waals surface area contributed by atoms with Gasteiger partial charge in [0, 0.05) is 22.7 Å². The number of fused-ring (bicyclic) bond motifs is 1. The average molecular weight is 495 g/mol. The van der Waals surface area contributed by atoms with Gasteiger partial charge < -0.3 is 34.6 Å². The van der Waals surface area contributed by atoms with E-state index in [-0.39, 0.29) is 19.4 Å². The molecule has 2 saturated carbocycles. The third kappa shape index (κ3) is 3.03. The second-order valence-corrected chi connectivity index (χ2v) is 12.1. The van der Waals surface area contributed by atoms with Crippen molar-refractivity contribution in [2.45, 2.75) is 83.3 Å². The molecule has 10 nitrogen and oxygen atoms in total. The predicted molar refractivity (Wildman–Crippen MR) is 117 cm³/mol. The van der Waals surface area contributed by atoms with E-state index in [2.05, 4.69) is 0 Å². The molecule has 35 heavy (non-hydrogen) atoms. The van der Waals surface area contributed by atoms with Crippen LogP contribution in [0.1, 0.15) is 47.5 Å². The van der Waals surface area contributed by atoms with E-state index in [0.717, 1.165) is 0 Å². The zero-order valence-electron chi connectivity index (χ0n) is 20.6. The van der Waals surface area contributed by atoms with Crippen LogP contribution in [0, 0.1) is 34.5 Å². The number of allylic oxidation sites excluding steroid dienone is 1. The maximum atomic E-state index is 13.2. The zero-order chi connectivity index (χ0) is 25.9. The summed E-state index contributed by atoms with van der Waals surface area (Å²) in [6.07, 6.45) is -3.81.